The van der Waals surface area contributed by atoms with Gasteiger partial charge >= 0.3 is 5.97 Å². The van der Waals surface area contributed by atoms with Gasteiger partial charge in [0.1, 0.15) is 5.54 Å². The first-order valence-electron chi connectivity index (χ1n) is 8.63. The van der Waals surface area contributed by atoms with E-state index in [2.05, 4.69) is 12.2 Å². The third-order valence-corrected chi connectivity index (χ3v) is 4.75. The average Bonchev–Trinajstić information content (AvgIpc) is 2.49. The molecule has 0 aromatic carbocycles. The number of hydrogen-bond donors (Lipinski definition) is 2. The quantitative estimate of drug-likeness (QED) is 0.605. The highest BCUT2D eigenvalue weighted by atomic mass is 16.5. The zero-order chi connectivity index (χ0) is 15.7. The Bertz CT molecular complexity index is 308. The number of carboxylic acid groups (broad SMARTS) is 1. The number of carboxylic acids is 1. The predicted molar refractivity (Wildman–Crippen MR) is 85.6 cm³/mol. The molecule has 2 N–H and O–H groups in total. The molecule has 0 amide bonds. The molecule has 1 rings (SSSR count). The zero-order valence-corrected chi connectivity index (χ0v) is 14.0. The fraction of sp³-hybridized carbons (Fsp3) is 0.941. The zero-order valence-electron chi connectivity index (χ0n) is 14.0. The molecule has 0 heterocycles. The summed E-state index contributed by atoms with van der Waals surface area (Å²) in [5.41, 5.74) is -0.823. The molecule has 0 bridgehead atoms. The van der Waals surface area contributed by atoms with Crippen LogP contribution in [0.2, 0.25) is 0 Å². The van der Waals surface area contributed by atoms with Crippen LogP contribution in [-0.2, 0) is 9.53 Å². The lowest BCUT2D eigenvalue weighted by Gasteiger charge is -2.31. The second kappa shape index (κ2) is 9.42. The molecule has 0 aromatic rings. The summed E-state index contributed by atoms with van der Waals surface area (Å²) in [5, 5.41) is 12.5. The minimum absolute atomic E-state index is 0.392. The molecular weight excluding hydrogens is 266 g/mol. The van der Waals surface area contributed by atoms with Crippen LogP contribution in [0.1, 0.15) is 72.1 Å². The first kappa shape index (κ1) is 18.4. The number of nitrogens with one attached hydrogen (secondary N) is 1. The van der Waals surface area contributed by atoms with Crippen LogP contribution in [0.3, 0.4) is 0 Å². The van der Waals surface area contributed by atoms with E-state index < -0.39 is 11.5 Å². The summed E-state index contributed by atoms with van der Waals surface area (Å²) in [7, 11) is 0. The summed E-state index contributed by atoms with van der Waals surface area (Å²) in [6.07, 6.45) is 8.99. The number of hydrogen-bond acceptors (Lipinski definition) is 3. The van der Waals surface area contributed by atoms with Crippen molar-refractivity contribution < 1.29 is 14.6 Å². The standard InChI is InChI=1S/C17H33NO3/c1-4-12-18-17(3,16(19)20)11-8-13-21-15-10-7-6-9-14(15)5-2/h14-15,18H,4-13H2,1-3H3,(H,19,20). The molecule has 1 fully saturated rings. The van der Waals surface area contributed by atoms with Gasteiger partial charge in [-0.2, -0.15) is 0 Å². The fourth-order valence-electron chi connectivity index (χ4n) is 3.19. The lowest BCUT2D eigenvalue weighted by molar-refractivity contribution is -0.144. The molecule has 21 heavy (non-hydrogen) atoms. The van der Waals surface area contributed by atoms with E-state index in [1.807, 2.05) is 6.92 Å². The molecule has 0 saturated heterocycles. The van der Waals surface area contributed by atoms with Crippen molar-refractivity contribution >= 4 is 5.97 Å². The van der Waals surface area contributed by atoms with E-state index in [-0.39, 0.29) is 0 Å². The van der Waals surface area contributed by atoms with Gasteiger partial charge in [0.05, 0.1) is 6.10 Å². The molecule has 0 aromatic heterocycles. The van der Waals surface area contributed by atoms with Crippen molar-refractivity contribution in [2.75, 3.05) is 13.2 Å². The molecule has 0 aliphatic heterocycles. The highest BCUT2D eigenvalue weighted by Crippen LogP contribution is 2.29. The van der Waals surface area contributed by atoms with Gasteiger partial charge in [0, 0.05) is 6.61 Å². The molecule has 0 radical (unpaired) electrons. The van der Waals surface area contributed by atoms with Crippen molar-refractivity contribution in [2.24, 2.45) is 5.92 Å². The SMILES string of the molecule is CCCNC(C)(CCCOC1CCCCC1CC)C(=O)O. The van der Waals surface area contributed by atoms with Crippen molar-refractivity contribution in [1.29, 1.82) is 0 Å². The molecule has 1 aliphatic carbocycles. The van der Waals surface area contributed by atoms with Gasteiger partial charge in [0.15, 0.2) is 0 Å². The first-order chi connectivity index (χ1) is 10.0. The van der Waals surface area contributed by atoms with Crippen LogP contribution in [-0.4, -0.2) is 35.9 Å². The third-order valence-electron chi connectivity index (χ3n) is 4.75. The second-order valence-corrected chi connectivity index (χ2v) is 6.53. The van der Waals surface area contributed by atoms with Crippen LogP contribution in [0.25, 0.3) is 0 Å². The Labute approximate surface area is 129 Å². The van der Waals surface area contributed by atoms with Crippen molar-refractivity contribution in [2.45, 2.75) is 83.8 Å². The van der Waals surface area contributed by atoms with E-state index in [1.54, 1.807) is 6.92 Å². The largest absolute Gasteiger partial charge is 0.480 e. The van der Waals surface area contributed by atoms with Crippen molar-refractivity contribution in [3.8, 4) is 0 Å². The third kappa shape index (κ3) is 5.95. The molecule has 1 saturated carbocycles. The number of carbonyl (C=O) groups is 1. The Hall–Kier alpha value is -0.610. The van der Waals surface area contributed by atoms with E-state index in [1.165, 1.54) is 32.1 Å². The van der Waals surface area contributed by atoms with Gasteiger partial charge in [0.25, 0.3) is 0 Å². The Morgan fingerprint density at radius 1 is 1.33 bits per heavy atom. The van der Waals surface area contributed by atoms with Gasteiger partial charge in [-0.15, -0.1) is 0 Å². The molecule has 4 nitrogen and oxygen atoms in total. The van der Waals surface area contributed by atoms with E-state index in [9.17, 15) is 9.90 Å². The molecule has 1 aliphatic rings. The van der Waals surface area contributed by atoms with E-state index >= 15 is 0 Å². The molecule has 3 unspecified atom stereocenters. The first-order valence-corrected chi connectivity index (χ1v) is 8.63. The monoisotopic (exact) mass is 299 g/mol. The van der Waals surface area contributed by atoms with E-state index in [4.69, 9.17) is 4.74 Å². The van der Waals surface area contributed by atoms with Crippen LogP contribution in [0, 0.1) is 5.92 Å². The van der Waals surface area contributed by atoms with Crippen LogP contribution >= 0.6 is 0 Å². The summed E-state index contributed by atoms with van der Waals surface area (Å²) in [6.45, 7) is 7.48. The number of rotatable bonds is 10. The normalized spacial score (nSPS) is 25.5. The summed E-state index contributed by atoms with van der Waals surface area (Å²) in [6, 6.07) is 0. The van der Waals surface area contributed by atoms with Crippen LogP contribution < -0.4 is 5.32 Å². The Kier molecular flexibility index (Phi) is 8.27. The number of aliphatic carboxylic acids is 1. The second-order valence-electron chi connectivity index (χ2n) is 6.53. The molecule has 4 heteroatoms. The van der Waals surface area contributed by atoms with Crippen LogP contribution in [0.4, 0.5) is 0 Å². The highest BCUT2D eigenvalue weighted by molar-refractivity contribution is 5.78. The van der Waals surface area contributed by atoms with Gasteiger partial charge in [0.2, 0.25) is 0 Å². The molecule has 0 spiro atoms. The fourth-order valence-corrected chi connectivity index (χ4v) is 3.19. The summed E-state index contributed by atoms with van der Waals surface area (Å²) in [4.78, 5) is 11.4. The summed E-state index contributed by atoms with van der Waals surface area (Å²) >= 11 is 0. The van der Waals surface area contributed by atoms with Crippen molar-refractivity contribution in [1.82, 2.24) is 5.32 Å². The summed E-state index contributed by atoms with van der Waals surface area (Å²) in [5.74, 6) is -0.0668. The van der Waals surface area contributed by atoms with Crippen molar-refractivity contribution in [3.63, 3.8) is 0 Å². The molecule has 3 atom stereocenters. The number of ether oxygens (including phenoxy) is 1. The van der Waals surface area contributed by atoms with Crippen molar-refractivity contribution in [3.05, 3.63) is 0 Å². The van der Waals surface area contributed by atoms with Crippen LogP contribution in [0.15, 0.2) is 0 Å². The van der Waals surface area contributed by atoms with E-state index in [0.717, 1.165) is 19.4 Å². The van der Waals surface area contributed by atoms with Gasteiger partial charge in [-0.25, -0.2) is 0 Å². The predicted octanol–water partition coefficient (Wildman–Crippen LogP) is 3.59. The minimum Gasteiger partial charge on any atom is -0.480 e. The molecule has 124 valence electrons. The summed E-state index contributed by atoms with van der Waals surface area (Å²) < 4.78 is 6.05. The van der Waals surface area contributed by atoms with Gasteiger partial charge < -0.3 is 15.2 Å². The lowest BCUT2D eigenvalue weighted by Crippen LogP contribution is -2.49. The van der Waals surface area contributed by atoms with Gasteiger partial charge in [-0.3, -0.25) is 4.79 Å². The lowest BCUT2D eigenvalue weighted by atomic mass is 9.85. The highest BCUT2D eigenvalue weighted by Gasteiger charge is 2.32. The van der Waals surface area contributed by atoms with E-state index in [0.29, 0.717) is 25.0 Å². The molecular formula is C17H33NO3. The maximum absolute atomic E-state index is 11.4. The Balaban J connectivity index is 2.31. The Morgan fingerprint density at radius 3 is 2.67 bits per heavy atom. The average molecular weight is 299 g/mol. The smallest absolute Gasteiger partial charge is 0.323 e. The van der Waals surface area contributed by atoms with Gasteiger partial charge in [-0.1, -0.05) is 33.1 Å². The topological polar surface area (TPSA) is 58.6 Å². The minimum atomic E-state index is -0.823. The maximum Gasteiger partial charge on any atom is 0.323 e. The Morgan fingerprint density at radius 2 is 2.05 bits per heavy atom. The maximum atomic E-state index is 11.4. The van der Waals surface area contributed by atoms with Gasteiger partial charge in [-0.05, 0) is 51.5 Å². The van der Waals surface area contributed by atoms with Crippen LogP contribution in [0.5, 0.6) is 0 Å².